The highest BCUT2D eigenvalue weighted by Crippen LogP contribution is 2.35. The zero-order chi connectivity index (χ0) is 30.5. The molecule has 9 nitrogen and oxygen atoms in total. The number of rotatable bonds is 14. The second-order valence-corrected chi connectivity index (χ2v) is 12.6. The Hall–Kier alpha value is -2.15. The third-order valence-corrected chi connectivity index (χ3v) is 8.56. The second kappa shape index (κ2) is 17.7. The summed E-state index contributed by atoms with van der Waals surface area (Å²) in [5, 5.41) is 26.0. The van der Waals surface area contributed by atoms with E-state index in [1.54, 1.807) is 19.0 Å². The first kappa shape index (κ1) is 35.0. The van der Waals surface area contributed by atoms with E-state index in [4.69, 9.17) is 0 Å². The molecular weight excluding hydrogens is 520 g/mol. The molecule has 0 aromatic heterocycles. The topological polar surface area (TPSA) is 122 Å². The van der Waals surface area contributed by atoms with Gasteiger partial charge in [0, 0.05) is 50.4 Å². The third-order valence-electron chi connectivity index (χ3n) is 8.56. The Morgan fingerprint density at radius 1 is 0.976 bits per heavy atom. The van der Waals surface area contributed by atoms with E-state index in [1.165, 1.54) is 0 Å². The molecule has 5 atom stereocenters. The predicted molar refractivity (Wildman–Crippen MR) is 161 cm³/mol. The molecule has 0 aromatic rings. The van der Waals surface area contributed by atoms with Gasteiger partial charge < -0.3 is 20.4 Å². The van der Waals surface area contributed by atoms with Crippen LogP contribution in [0.4, 0.5) is 0 Å². The molecule has 234 valence electrons. The number of hydrazine groups is 1. The van der Waals surface area contributed by atoms with Crippen molar-refractivity contribution in [3.63, 3.8) is 0 Å². The van der Waals surface area contributed by atoms with E-state index in [1.807, 2.05) is 18.7 Å². The van der Waals surface area contributed by atoms with Gasteiger partial charge in [-0.2, -0.15) is 0 Å². The molecule has 0 aliphatic heterocycles. The minimum atomic E-state index is -0.903. The highest BCUT2D eigenvalue weighted by atomic mass is 16.3. The van der Waals surface area contributed by atoms with Gasteiger partial charge in [0.2, 0.25) is 17.7 Å². The number of carbonyl (C=O) groups excluding carboxylic acids is 3. The molecule has 0 heterocycles. The maximum atomic E-state index is 13.8. The van der Waals surface area contributed by atoms with Crippen molar-refractivity contribution in [1.82, 2.24) is 20.7 Å². The zero-order valence-corrected chi connectivity index (χ0v) is 26.3. The quantitative estimate of drug-likeness (QED) is 0.186. The van der Waals surface area contributed by atoms with Crippen molar-refractivity contribution in [2.24, 2.45) is 29.6 Å². The van der Waals surface area contributed by atoms with Gasteiger partial charge in [0.25, 0.3) is 0 Å². The summed E-state index contributed by atoms with van der Waals surface area (Å²) in [6.07, 6.45) is 6.09. The number of nitrogens with zero attached hydrogens (tertiary/aromatic N) is 2. The summed E-state index contributed by atoms with van der Waals surface area (Å²) in [4.78, 5) is 41.4. The summed E-state index contributed by atoms with van der Waals surface area (Å²) in [6.45, 7) is 11.2. The van der Waals surface area contributed by atoms with Crippen LogP contribution in [0, 0.1) is 41.4 Å². The van der Waals surface area contributed by atoms with E-state index in [9.17, 15) is 24.6 Å². The summed E-state index contributed by atoms with van der Waals surface area (Å²) in [5.74, 6) is 5.52. The lowest BCUT2D eigenvalue weighted by atomic mass is 9.74. The van der Waals surface area contributed by atoms with E-state index in [2.05, 4.69) is 36.4 Å². The number of nitrogens with one attached hydrogen (secondary N) is 2. The van der Waals surface area contributed by atoms with Gasteiger partial charge in [-0.3, -0.25) is 19.8 Å². The molecule has 3 amide bonds. The number of hydrogen-bond donors (Lipinski definition) is 4. The van der Waals surface area contributed by atoms with Crippen LogP contribution in [-0.2, 0) is 14.4 Å². The monoisotopic (exact) mass is 576 g/mol. The summed E-state index contributed by atoms with van der Waals surface area (Å²) < 4.78 is 0. The summed E-state index contributed by atoms with van der Waals surface area (Å²) in [7, 11) is 1.71. The van der Waals surface area contributed by atoms with Crippen molar-refractivity contribution in [3.8, 4) is 11.8 Å². The molecule has 0 spiro atoms. The van der Waals surface area contributed by atoms with Crippen LogP contribution in [-0.4, -0.2) is 82.8 Å². The van der Waals surface area contributed by atoms with E-state index in [0.29, 0.717) is 25.7 Å². The smallest absolute Gasteiger partial charge is 0.236 e. The van der Waals surface area contributed by atoms with E-state index >= 15 is 0 Å². The van der Waals surface area contributed by atoms with Gasteiger partial charge in [-0.1, -0.05) is 27.7 Å². The van der Waals surface area contributed by atoms with Crippen molar-refractivity contribution in [1.29, 1.82) is 0 Å². The fourth-order valence-electron chi connectivity index (χ4n) is 6.31. The minimum absolute atomic E-state index is 0.0239. The van der Waals surface area contributed by atoms with Crippen LogP contribution in [0.1, 0.15) is 98.8 Å². The van der Waals surface area contributed by atoms with Crippen LogP contribution in [0.25, 0.3) is 0 Å². The Balaban J connectivity index is 2.18. The van der Waals surface area contributed by atoms with Crippen LogP contribution in [0.2, 0.25) is 0 Å². The summed E-state index contributed by atoms with van der Waals surface area (Å²) in [5.41, 5.74) is 2.79. The number of aliphatic hydroxyl groups excluding tert-OH is 2. The lowest BCUT2D eigenvalue weighted by molar-refractivity contribution is -0.139. The fourth-order valence-corrected chi connectivity index (χ4v) is 6.31. The second-order valence-electron chi connectivity index (χ2n) is 12.6. The summed E-state index contributed by atoms with van der Waals surface area (Å²) >= 11 is 0. The first-order chi connectivity index (χ1) is 19.5. The molecule has 4 N–H and O–H groups in total. The average molecular weight is 577 g/mol. The van der Waals surface area contributed by atoms with Crippen LogP contribution >= 0.6 is 0 Å². The molecule has 0 bridgehead atoms. The maximum Gasteiger partial charge on any atom is 0.236 e. The van der Waals surface area contributed by atoms with E-state index in [0.717, 1.165) is 51.6 Å². The predicted octanol–water partition coefficient (Wildman–Crippen LogP) is 3.10. The first-order valence-electron chi connectivity index (χ1n) is 15.9. The lowest BCUT2D eigenvalue weighted by Gasteiger charge is -2.37. The van der Waals surface area contributed by atoms with Crippen molar-refractivity contribution < 1.29 is 24.6 Å². The number of carbonyl (C=O) groups is 3. The van der Waals surface area contributed by atoms with Crippen LogP contribution < -0.4 is 10.7 Å². The van der Waals surface area contributed by atoms with Gasteiger partial charge in [0.15, 0.2) is 0 Å². The largest absolute Gasteiger partial charge is 0.393 e. The molecular formula is C32H56N4O5. The maximum absolute atomic E-state index is 13.8. The Morgan fingerprint density at radius 3 is 2.15 bits per heavy atom. The fraction of sp³-hybridized carbons (Fsp3) is 0.844. The van der Waals surface area contributed by atoms with Crippen molar-refractivity contribution in [3.05, 3.63) is 0 Å². The van der Waals surface area contributed by atoms with Gasteiger partial charge in [0.05, 0.1) is 18.2 Å². The van der Waals surface area contributed by atoms with Gasteiger partial charge in [-0.25, -0.2) is 5.01 Å². The Morgan fingerprint density at radius 2 is 1.59 bits per heavy atom. The normalized spacial score (nSPS) is 26.0. The van der Waals surface area contributed by atoms with Gasteiger partial charge in [-0.15, -0.1) is 11.8 Å². The van der Waals surface area contributed by atoms with Crippen LogP contribution in [0.3, 0.4) is 0 Å². The van der Waals surface area contributed by atoms with E-state index < -0.39 is 12.1 Å². The number of hydrogen-bond acceptors (Lipinski definition) is 6. The van der Waals surface area contributed by atoms with Crippen LogP contribution in [0.15, 0.2) is 0 Å². The van der Waals surface area contributed by atoms with Gasteiger partial charge >= 0.3 is 0 Å². The lowest BCUT2D eigenvalue weighted by Crippen LogP contribution is -2.54. The highest BCUT2D eigenvalue weighted by molar-refractivity contribution is 5.83. The molecule has 41 heavy (non-hydrogen) atoms. The molecule has 2 aliphatic rings. The number of aliphatic hydroxyl groups is 2. The Kier molecular flexibility index (Phi) is 15.2. The highest BCUT2D eigenvalue weighted by Gasteiger charge is 2.38. The standard InChI is InChI=1S/C32H56N4O5/c1-7-10-24-17-25(20-26(18-24)32(41)36(15-8-2)16-9-3)31(40)33-28(19-23-11-13-27(37)14-12-23)29(38)21-35(6)34-30(39)22(4)5/h22-29,37-38H,8-9,11-21H2,1-6H3,(H,33,40)(H,34,39). The molecule has 0 saturated heterocycles. The number of likely N-dealkylation sites (N-methyl/N-ethyl adjacent to an activating group) is 1. The summed E-state index contributed by atoms with van der Waals surface area (Å²) in [6, 6.07) is -0.510. The molecule has 9 heteroatoms. The zero-order valence-electron chi connectivity index (χ0n) is 26.3. The van der Waals surface area contributed by atoms with Gasteiger partial charge in [0.1, 0.15) is 0 Å². The van der Waals surface area contributed by atoms with Crippen molar-refractivity contribution in [2.45, 2.75) is 117 Å². The van der Waals surface area contributed by atoms with Crippen LogP contribution in [0.5, 0.6) is 0 Å². The SMILES string of the molecule is CC#CC1CC(C(=O)NC(CC2CCC(O)CC2)C(O)CN(C)NC(=O)C(C)C)CC(C(=O)N(CCC)CCC)C1. The molecule has 2 saturated carbocycles. The van der Waals surface area contributed by atoms with E-state index in [-0.39, 0.29) is 60.0 Å². The van der Waals surface area contributed by atoms with Gasteiger partial charge in [-0.05, 0) is 77.0 Å². The third kappa shape index (κ3) is 11.6. The molecule has 2 rings (SSSR count). The number of amides is 3. The van der Waals surface area contributed by atoms with Crippen molar-refractivity contribution >= 4 is 17.7 Å². The Labute approximate surface area is 248 Å². The molecule has 2 fully saturated rings. The molecule has 5 unspecified atom stereocenters. The minimum Gasteiger partial charge on any atom is -0.393 e. The molecule has 0 radical (unpaired) electrons. The molecule has 0 aromatic carbocycles. The average Bonchev–Trinajstić information content (AvgIpc) is 2.93. The Bertz CT molecular complexity index is 886. The van der Waals surface area contributed by atoms with Crippen molar-refractivity contribution in [2.75, 3.05) is 26.7 Å². The molecule has 2 aliphatic carbocycles. The first-order valence-corrected chi connectivity index (χ1v) is 15.9.